The Morgan fingerprint density at radius 1 is 0.667 bits per heavy atom. The Kier molecular flexibility index (Phi) is 36.8. The van der Waals surface area contributed by atoms with Crippen molar-refractivity contribution in [2.75, 3.05) is 47.5 Å². The summed E-state index contributed by atoms with van der Waals surface area (Å²) in [6.07, 6.45) is 41.1. The van der Waals surface area contributed by atoms with E-state index >= 15 is 0 Å². The molecule has 0 bridgehead atoms. The largest absolute Gasteiger partial charge is 0.756 e. The Bertz CT molecular complexity index is 1130. The molecule has 0 saturated heterocycles. The number of rotatable bonds is 40. The average Bonchev–Trinajstić information content (AvgIpc) is 3.15. The number of nitrogens with zero attached hydrogens (tertiary/aromatic N) is 1. The van der Waals surface area contributed by atoms with E-state index in [9.17, 15) is 24.5 Å². The first-order valence-corrected chi connectivity index (χ1v) is 23.7. The number of esters is 1. The number of likely N-dealkylation sites (N-methyl/N-ethyl adjacent to an activating group) is 1. The van der Waals surface area contributed by atoms with Crippen molar-refractivity contribution in [1.82, 2.24) is 0 Å². The van der Waals surface area contributed by atoms with Crippen LogP contribution in [-0.2, 0) is 27.9 Å². The Hall–Kier alpha value is -2.04. The van der Waals surface area contributed by atoms with Crippen LogP contribution in [0.3, 0.4) is 0 Å². The summed E-state index contributed by atoms with van der Waals surface area (Å²) in [7, 11) is 1.17. The molecule has 0 radical (unpaired) electrons. The van der Waals surface area contributed by atoms with Crippen molar-refractivity contribution in [3.05, 3.63) is 60.9 Å². The van der Waals surface area contributed by atoms with Gasteiger partial charge in [-0.1, -0.05) is 165 Å². The van der Waals surface area contributed by atoms with Gasteiger partial charge in [-0.2, -0.15) is 0 Å². The minimum atomic E-state index is -4.61. The van der Waals surface area contributed by atoms with Crippen LogP contribution in [-0.4, -0.2) is 86.5 Å². The third-order valence-corrected chi connectivity index (χ3v) is 10.3. The fourth-order valence-electron chi connectivity index (χ4n) is 5.78. The molecule has 57 heavy (non-hydrogen) atoms. The van der Waals surface area contributed by atoms with Crippen molar-refractivity contribution in [2.45, 2.75) is 180 Å². The summed E-state index contributed by atoms with van der Waals surface area (Å²) >= 11 is 0. The van der Waals surface area contributed by atoms with Crippen LogP contribution in [0.25, 0.3) is 0 Å². The predicted octanol–water partition coefficient (Wildman–Crippen LogP) is 10.6. The van der Waals surface area contributed by atoms with Crippen LogP contribution in [0.4, 0.5) is 0 Å². The quantitative estimate of drug-likeness (QED) is 0.0155. The fourth-order valence-corrected chi connectivity index (χ4v) is 6.51. The lowest BCUT2D eigenvalue weighted by molar-refractivity contribution is -0.870. The number of aliphatic hydroxyl groups is 2. The maximum atomic E-state index is 12.7. The number of aliphatic hydroxyl groups excluding tert-OH is 2. The number of quaternary nitrogens is 1. The Morgan fingerprint density at radius 2 is 1.18 bits per heavy atom. The highest BCUT2D eigenvalue weighted by Gasteiger charge is 2.20. The van der Waals surface area contributed by atoms with Gasteiger partial charge >= 0.3 is 5.97 Å². The van der Waals surface area contributed by atoms with Gasteiger partial charge in [-0.15, -0.1) is 0 Å². The van der Waals surface area contributed by atoms with Crippen LogP contribution in [0.2, 0.25) is 0 Å². The topological polar surface area (TPSA) is 135 Å². The standard InChI is InChI=1S/C46H84NO9P/c1-6-8-10-11-12-13-14-15-16-17-18-19-20-24-27-31-39-53-41-45(42-55-57(51,52)54-40-38-47(3,4)5)56-46(50)37-32-36-44(49)35-30-26-23-21-22-25-29-34-43(48)33-28-9-7-2/h22-23,25-26,29-31,34-35,39,43-45,48-49H,6-21,24,27-28,32-33,36-38,40-42H2,1-5H3/b25-22-,26-23-,34-29+,35-30+,39-31+/t43-,44-,45-/m1/s1. The van der Waals surface area contributed by atoms with Gasteiger partial charge in [-0.25, -0.2) is 0 Å². The number of phosphoric acid groups is 1. The molecule has 0 saturated carbocycles. The van der Waals surface area contributed by atoms with E-state index in [-0.39, 0.29) is 19.6 Å². The van der Waals surface area contributed by atoms with Crippen LogP contribution < -0.4 is 4.89 Å². The molecule has 0 aliphatic rings. The number of phosphoric ester groups is 1. The smallest absolute Gasteiger partial charge is 0.306 e. The Balaban J connectivity index is 4.54. The Labute approximate surface area is 348 Å². The summed E-state index contributed by atoms with van der Waals surface area (Å²) in [5.74, 6) is -0.532. The van der Waals surface area contributed by atoms with Crippen molar-refractivity contribution in [3.8, 4) is 0 Å². The highest BCUT2D eigenvalue weighted by atomic mass is 31.2. The Morgan fingerprint density at radius 3 is 1.72 bits per heavy atom. The molecule has 1 unspecified atom stereocenters. The van der Waals surface area contributed by atoms with Gasteiger partial charge in [0.1, 0.15) is 19.8 Å². The summed E-state index contributed by atoms with van der Waals surface area (Å²) in [4.78, 5) is 25.0. The van der Waals surface area contributed by atoms with Crippen LogP contribution in [0.1, 0.15) is 162 Å². The van der Waals surface area contributed by atoms with Gasteiger partial charge < -0.3 is 38.1 Å². The van der Waals surface area contributed by atoms with Gasteiger partial charge in [-0.3, -0.25) is 9.36 Å². The highest BCUT2D eigenvalue weighted by Crippen LogP contribution is 2.38. The van der Waals surface area contributed by atoms with Gasteiger partial charge in [0.25, 0.3) is 7.82 Å². The number of carbonyl (C=O) groups is 1. The maximum absolute atomic E-state index is 12.7. The molecule has 0 rings (SSSR count). The molecule has 0 spiro atoms. The molecule has 2 N–H and O–H groups in total. The van der Waals surface area contributed by atoms with Crippen molar-refractivity contribution >= 4 is 13.8 Å². The molecule has 0 aromatic heterocycles. The highest BCUT2D eigenvalue weighted by molar-refractivity contribution is 7.45. The molecule has 4 atom stereocenters. The maximum Gasteiger partial charge on any atom is 0.306 e. The van der Waals surface area contributed by atoms with Gasteiger partial charge in [-0.05, 0) is 44.6 Å². The molecular formula is C46H84NO9P. The molecule has 0 aliphatic carbocycles. The van der Waals surface area contributed by atoms with Gasteiger partial charge in [0, 0.05) is 6.42 Å². The molecule has 0 aliphatic heterocycles. The summed E-state index contributed by atoms with van der Waals surface area (Å²) < 4.78 is 34.1. The number of unbranched alkanes of at least 4 members (excludes halogenated alkanes) is 16. The van der Waals surface area contributed by atoms with Gasteiger partial charge in [0.05, 0.1) is 46.2 Å². The van der Waals surface area contributed by atoms with Crippen LogP contribution in [0, 0.1) is 0 Å². The van der Waals surface area contributed by atoms with Crippen molar-refractivity contribution in [2.24, 2.45) is 0 Å². The fraction of sp³-hybridized carbons (Fsp3) is 0.761. The van der Waals surface area contributed by atoms with Crippen LogP contribution in [0.5, 0.6) is 0 Å². The number of hydrogen-bond donors (Lipinski definition) is 2. The first kappa shape index (κ1) is 55.0. The minimum absolute atomic E-state index is 0.0283. The third kappa shape index (κ3) is 41.9. The number of ether oxygens (including phenoxy) is 2. The van der Waals surface area contributed by atoms with E-state index in [2.05, 4.69) is 13.8 Å². The van der Waals surface area contributed by atoms with E-state index in [1.54, 1.807) is 24.5 Å². The number of carbonyl (C=O) groups excluding carboxylic acids is 1. The van der Waals surface area contributed by atoms with Crippen molar-refractivity contribution in [3.63, 3.8) is 0 Å². The van der Waals surface area contributed by atoms with Gasteiger partial charge in [0.15, 0.2) is 6.10 Å². The number of hydrogen-bond acceptors (Lipinski definition) is 9. The van der Waals surface area contributed by atoms with Crippen molar-refractivity contribution < 1.29 is 47.5 Å². The van der Waals surface area contributed by atoms with E-state index in [4.69, 9.17) is 18.5 Å². The molecule has 0 heterocycles. The summed E-state index contributed by atoms with van der Waals surface area (Å²) in [5, 5.41) is 20.2. The lowest BCUT2D eigenvalue weighted by atomic mass is 10.0. The second-order valence-electron chi connectivity index (χ2n) is 16.2. The second kappa shape index (κ2) is 38.2. The molecule has 0 aromatic rings. The zero-order chi connectivity index (χ0) is 42.3. The molecular weight excluding hydrogens is 741 g/mol. The molecule has 0 aromatic carbocycles. The predicted molar refractivity (Wildman–Crippen MR) is 233 cm³/mol. The SMILES string of the molecule is CCCCCCCCCCCCCCCC/C=C/OC[C@H](COP(=O)([O-])OCC[N+](C)(C)C)OC(=O)CCC[C@H](O)/C=C/C=C\C/C=C\C=C\[C@H](O)CCCCC. The van der Waals surface area contributed by atoms with Crippen LogP contribution >= 0.6 is 7.82 Å². The summed E-state index contributed by atoms with van der Waals surface area (Å²) in [5.41, 5.74) is 0. The van der Waals surface area contributed by atoms with Gasteiger partial charge in [0.2, 0.25) is 0 Å². The van der Waals surface area contributed by atoms with E-state index < -0.39 is 38.7 Å². The van der Waals surface area contributed by atoms with E-state index in [1.165, 1.54) is 83.5 Å². The molecule has 11 heteroatoms. The summed E-state index contributed by atoms with van der Waals surface area (Å²) in [6, 6.07) is 0. The lowest BCUT2D eigenvalue weighted by Crippen LogP contribution is -2.37. The first-order chi connectivity index (χ1) is 27.4. The molecule has 10 nitrogen and oxygen atoms in total. The number of allylic oxidation sites excluding steroid dienone is 7. The zero-order valence-corrected chi connectivity index (χ0v) is 37.6. The normalized spacial score (nSPS) is 15.4. The third-order valence-electron chi connectivity index (χ3n) is 9.34. The van der Waals surface area contributed by atoms with E-state index in [0.717, 1.165) is 44.9 Å². The van der Waals surface area contributed by atoms with Crippen LogP contribution in [0.15, 0.2) is 60.9 Å². The van der Waals surface area contributed by atoms with E-state index in [1.807, 2.05) is 57.6 Å². The van der Waals surface area contributed by atoms with E-state index in [0.29, 0.717) is 23.9 Å². The first-order valence-electron chi connectivity index (χ1n) is 22.3. The van der Waals surface area contributed by atoms with Crippen molar-refractivity contribution in [1.29, 1.82) is 0 Å². The molecule has 0 amide bonds. The lowest BCUT2D eigenvalue weighted by Gasteiger charge is -2.28. The molecule has 332 valence electrons. The second-order valence-corrected chi connectivity index (χ2v) is 17.6. The average molecular weight is 826 g/mol. The molecule has 0 fully saturated rings. The monoisotopic (exact) mass is 826 g/mol. The summed E-state index contributed by atoms with van der Waals surface area (Å²) in [6.45, 7) is 4.36. The zero-order valence-electron chi connectivity index (χ0n) is 36.7. The minimum Gasteiger partial charge on any atom is -0.756 e.